The van der Waals surface area contributed by atoms with E-state index in [0.717, 1.165) is 82.5 Å². The predicted molar refractivity (Wildman–Crippen MR) is 285 cm³/mol. The molecule has 5 aromatic carbocycles. The number of nitrogens with zero attached hydrogens (tertiary/aromatic N) is 3. The van der Waals surface area contributed by atoms with Gasteiger partial charge in [0.05, 0.1) is 27.1 Å². The number of fused-ring (bicyclic) bond motifs is 1. The minimum Gasteiger partial charge on any atom is -0.508 e. The summed E-state index contributed by atoms with van der Waals surface area (Å²) in [5, 5.41) is 28.1. The Morgan fingerprint density at radius 1 is 0.890 bits per heavy atom. The third kappa shape index (κ3) is 14.7. The van der Waals surface area contributed by atoms with Crippen LogP contribution in [0.2, 0.25) is 0 Å². The molecule has 7 rings (SSSR count). The second-order valence-electron chi connectivity index (χ2n) is 19.6. The summed E-state index contributed by atoms with van der Waals surface area (Å²) < 4.78 is 42.5. The number of ether oxygens (including phenoxy) is 3. The first-order valence-electron chi connectivity index (χ1n) is 24.7. The van der Waals surface area contributed by atoms with Crippen molar-refractivity contribution in [2.24, 2.45) is 5.41 Å². The number of rotatable bonds is 23. The summed E-state index contributed by atoms with van der Waals surface area (Å²) in [6.45, 7) is 13.0. The number of carbonyl (C=O) groups is 3. The number of phenols is 1. The molecule has 6 aromatic rings. The Balaban J connectivity index is 0.812. The summed E-state index contributed by atoms with van der Waals surface area (Å²) in [7, 11) is -3.36. The summed E-state index contributed by atoms with van der Waals surface area (Å²) >= 11 is 1.57. The monoisotopic (exact) mass is 1030 g/mol. The molecular weight excluding hydrogens is 967 g/mol. The zero-order valence-corrected chi connectivity index (χ0v) is 44.1. The lowest BCUT2D eigenvalue weighted by molar-refractivity contribution is -0.144. The number of nitrogens with one attached hydrogen (secondary N) is 2. The summed E-state index contributed by atoms with van der Waals surface area (Å²) in [6, 6.07) is 29.0. The number of amides is 3. The van der Waals surface area contributed by atoms with Gasteiger partial charge in [0.2, 0.25) is 17.7 Å². The number of sulfone groups is 1. The fourth-order valence-electron chi connectivity index (χ4n) is 8.81. The Morgan fingerprint density at radius 3 is 2.27 bits per heavy atom. The number of unbranched alkanes of at least 4 members (excludes halogenated alkanes) is 2. The van der Waals surface area contributed by atoms with E-state index in [4.69, 9.17) is 14.2 Å². The molecule has 0 radical (unpaired) electrons. The third-order valence-corrected chi connectivity index (χ3v) is 15.0. The number of carbonyl (C=O) groups excluding carboxylic acids is 3. The molecular formula is C56H67N5O10S2. The van der Waals surface area contributed by atoms with Crippen LogP contribution < -0.4 is 20.1 Å². The average molecular weight is 1030 g/mol. The van der Waals surface area contributed by atoms with Crippen LogP contribution in [-0.4, -0.2) is 122 Å². The minimum absolute atomic E-state index is 0.00764. The lowest BCUT2D eigenvalue weighted by Crippen LogP contribution is -2.58. The fraction of sp³-hybridized carbons (Fsp3) is 0.393. The minimum atomic E-state index is -3.36. The lowest BCUT2D eigenvalue weighted by atomic mass is 9.85. The number of aliphatic hydroxyl groups is 1. The van der Waals surface area contributed by atoms with E-state index in [1.54, 1.807) is 53.8 Å². The Morgan fingerprint density at radius 2 is 1.60 bits per heavy atom. The van der Waals surface area contributed by atoms with Gasteiger partial charge in [-0.2, -0.15) is 0 Å². The molecule has 0 aliphatic carbocycles. The molecule has 0 unspecified atom stereocenters. The van der Waals surface area contributed by atoms with E-state index in [-0.39, 0.29) is 42.7 Å². The SMILES string of the molecule is CCN(CCCCCOCC(=O)N[C@H](C(=O)N1C[C@H](O)C[C@H]1C(=O)NCc1ccc(-c2scnc2C)cc1)C(C)(C)C)CCOc1ccc(Oc2c(-c3ccc(S(C)(=O)=O)cc3)ccc3cc(O)ccc23)cc1. The molecule has 1 saturated heterocycles. The van der Waals surface area contributed by atoms with Gasteiger partial charge < -0.3 is 44.9 Å². The summed E-state index contributed by atoms with van der Waals surface area (Å²) in [5.74, 6) is 0.769. The Labute approximate surface area is 432 Å². The van der Waals surface area contributed by atoms with Crippen molar-refractivity contribution in [1.82, 2.24) is 25.4 Å². The Hall–Kier alpha value is -6.37. The van der Waals surface area contributed by atoms with Gasteiger partial charge in [-0.15, -0.1) is 11.3 Å². The zero-order chi connectivity index (χ0) is 52.3. The molecule has 4 N–H and O–H groups in total. The van der Waals surface area contributed by atoms with E-state index >= 15 is 0 Å². The van der Waals surface area contributed by atoms with E-state index in [0.29, 0.717) is 30.5 Å². The molecule has 1 aromatic heterocycles. The van der Waals surface area contributed by atoms with Crippen molar-refractivity contribution >= 4 is 49.7 Å². The largest absolute Gasteiger partial charge is 0.508 e. The van der Waals surface area contributed by atoms with Crippen molar-refractivity contribution in [2.45, 2.75) is 89.9 Å². The smallest absolute Gasteiger partial charge is 0.246 e. The van der Waals surface area contributed by atoms with Crippen LogP contribution in [-0.2, 0) is 35.5 Å². The van der Waals surface area contributed by atoms with E-state index in [2.05, 4.69) is 27.4 Å². The lowest BCUT2D eigenvalue weighted by Gasteiger charge is -2.35. The number of aryl methyl sites for hydroxylation is 1. The van der Waals surface area contributed by atoms with Gasteiger partial charge in [-0.05, 0) is 127 Å². The maximum Gasteiger partial charge on any atom is 0.246 e. The van der Waals surface area contributed by atoms with Gasteiger partial charge in [-0.3, -0.25) is 14.4 Å². The maximum atomic E-state index is 14.0. The first-order chi connectivity index (χ1) is 34.9. The van der Waals surface area contributed by atoms with Crippen molar-refractivity contribution in [3.05, 3.63) is 120 Å². The zero-order valence-electron chi connectivity index (χ0n) is 42.4. The van der Waals surface area contributed by atoms with Gasteiger partial charge in [-0.25, -0.2) is 13.4 Å². The average Bonchev–Trinajstić information content (AvgIpc) is 3.98. The molecule has 2 heterocycles. The number of thiazole rings is 1. The molecule has 0 bridgehead atoms. The number of phenolic OH excluding ortho intramolecular Hbond substituents is 1. The summed E-state index contributed by atoms with van der Waals surface area (Å²) in [5.41, 5.74) is 5.59. The molecule has 1 aliphatic rings. The van der Waals surface area contributed by atoms with Crippen LogP contribution >= 0.6 is 11.3 Å². The van der Waals surface area contributed by atoms with Gasteiger partial charge >= 0.3 is 0 Å². The number of likely N-dealkylation sites (tertiary alicyclic amines) is 1. The number of aromatic nitrogens is 1. The van der Waals surface area contributed by atoms with Gasteiger partial charge in [0.1, 0.15) is 48.3 Å². The number of aliphatic hydroxyl groups excluding tert-OH is 1. The predicted octanol–water partition coefficient (Wildman–Crippen LogP) is 8.54. The fourth-order valence-corrected chi connectivity index (χ4v) is 10.3. The molecule has 1 aliphatic heterocycles. The number of aromatic hydroxyl groups is 1. The van der Waals surface area contributed by atoms with E-state index in [1.807, 2.05) is 93.9 Å². The standard InChI is InChI=1S/C56H67N5O10S2/c1-7-60(28-30-70-44-19-21-45(22-20-44)71-51-47(25-17-41-31-42(62)18-26-48(41)51)39-15-23-46(24-16-39)73(6,67)68)27-9-8-10-29-69-35-50(64)59-53(56(3,4)5)55(66)61-34-43(63)32-49(61)54(65)57-33-38-11-13-40(14-12-38)52-37(2)58-36-72-52/h11-26,31,36,43,49,53,62-63H,7-10,27-30,32-35H2,1-6H3,(H,57,65)(H,59,64)/t43-,49+,53-/m1/s1. The molecule has 1 fully saturated rings. The molecule has 0 saturated carbocycles. The Kier molecular flexibility index (Phi) is 18.3. The van der Waals surface area contributed by atoms with Gasteiger partial charge in [0.25, 0.3) is 0 Å². The van der Waals surface area contributed by atoms with Crippen molar-refractivity contribution in [1.29, 1.82) is 0 Å². The molecule has 3 amide bonds. The number of hydrogen-bond acceptors (Lipinski definition) is 13. The van der Waals surface area contributed by atoms with Crippen molar-refractivity contribution in [3.8, 4) is 44.6 Å². The highest BCUT2D eigenvalue weighted by Gasteiger charge is 2.44. The molecule has 73 heavy (non-hydrogen) atoms. The van der Waals surface area contributed by atoms with Crippen LogP contribution in [0.5, 0.6) is 23.0 Å². The number of benzene rings is 5. The molecule has 0 spiro atoms. The first-order valence-corrected chi connectivity index (χ1v) is 27.5. The third-order valence-electron chi connectivity index (χ3n) is 12.9. The van der Waals surface area contributed by atoms with Crippen LogP contribution in [0.25, 0.3) is 32.3 Å². The van der Waals surface area contributed by atoms with Crippen LogP contribution in [0.4, 0.5) is 0 Å². The normalized spacial score (nSPS) is 15.4. The highest BCUT2D eigenvalue weighted by atomic mass is 32.2. The first kappa shape index (κ1) is 54.4. The van der Waals surface area contributed by atoms with Crippen molar-refractivity contribution < 1.29 is 47.2 Å². The van der Waals surface area contributed by atoms with Crippen molar-refractivity contribution in [3.63, 3.8) is 0 Å². The van der Waals surface area contributed by atoms with Crippen LogP contribution in [0.15, 0.2) is 114 Å². The second kappa shape index (κ2) is 24.6. The number of hydrogen-bond donors (Lipinski definition) is 4. The van der Waals surface area contributed by atoms with E-state index in [1.165, 1.54) is 11.2 Å². The molecule has 15 nitrogen and oxygen atoms in total. The number of likely N-dealkylation sites (N-methyl/N-ethyl adjacent to an activating group) is 1. The molecule has 3 atom stereocenters. The summed E-state index contributed by atoms with van der Waals surface area (Å²) in [6.07, 6.45) is 3.00. The topological polar surface area (TPSA) is 197 Å². The van der Waals surface area contributed by atoms with Crippen molar-refractivity contribution in [2.75, 3.05) is 52.3 Å². The second-order valence-corrected chi connectivity index (χ2v) is 22.4. The van der Waals surface area contributed by atoms with Gasteiger partial charge in [0, 0.05) is 49.9 Å². The van der Waals surface area contributed by atoms with Gasteiger partial charge in [0.15, 0.2) is 9.84 Å². The summed E-state index contributed by atoms with van der Waals surface area (Å²) in [4.78, 5) is 50.0. The van der Waals surface area contributed by atoms with Crippen LogP contribution in [0.1, 0.15) is 64.6 Å². The quantitative estimate of drug-likeness (QED) is 0.0447. The number of β-amino-alcohol motifs (C(OH)–C–C–N with tert-alkyl or cyclic N) is 1. The van der Waals surface area contributed by atoms with E-state index < -0.39 is 45.3 Å². The maximum absolute atomic E-state index is 14.0. The van der Waals surface area contributed by atoms with Gasteiger partial charge in [-0.1, -0.05) is 70.2 Å². The Bertz CT molecular complexity index is 2940. The molecule has 17 heteroatoms. The van der Waals surface area contributed by atoms with Crippen LogP contribution in [0.3, 0.4) is 0 Å². The molecule has 388 valence electrons. The van der Waals surface area contributed by atoms with E-state index in [9.17, 15) is 33.0 Å². The highest BCUT2D eigenvalue weighted by molar-refractivity contribution is 7.90. The highest BCUT2D eigenvalue weighted by Crippen LogP contribution is 2.41. The van der Waals surface area contributed by atoms with Crippen LogP contribution in [0, 0.1) is 12.3 Å².